The van der Waals surface area contributed by atoms with E-state index in [0.29, 0.717) is 0 Å². The van der Waals surface area contributed by atoms with Crippen LogP contribution in [0.1, 0.15) is 52.9 Å². The summed E-state index contributed by atoms with van der Waals surface area (Å²) in [6, 6.07) is -0.597. The highest BCUT2D eigenvalue weighted by atomic mass is 32.2. The maximum absolute atomic E-state index is 12.0. The van der Waals surface area contributed by atoms with Gasteiger partial charge in [-0.3, -0.25) is 5.41 Å². The Morgan fingerprint density at radius 1 is 1.26 bits per heavy atom. The van der Waals surface area contributed by atoms with E-state index in [-0.39, 0.29) is 11.8 Å². The highest BCUT2D eigenvalue weighted by Gasteiger charge is 2.31. The van der Waals surface area contributed by atoms with Gasteiger partial charge in [0, 0.05) is 5.54 Å². The normalized spacial score (nSPS) is 20.2. The van der Waals surface area contributed by atoms with Crippen molar-refractivity contribution in [2.24, 2.45) is 11.7 Å². The van der Waals surface area contributed by atoms with Crippen molar-refractivity contribution in [2.45, 2.75) is 64.5 Å². The van der Waals surface area contributed by atoms with Crippen molar-refractivity contribution in [3.8, 4) is 0 Å². The summed E-state index contributed by atoms with van der Waals surface area (Å²) in [6.45, 7) is 5.32. The summed E-state index contributed by atoms with van der Waals surface area (Å²) in [4.78, 5) is 0. The minimum absolute atomic E-state index is 0.105. The van der Waals surface area contributed by atoms with Gasteiger partial charge in [-0.2, -0.15) is 17.9 Å². The molecule has 0 spiro atoms. The van der Waals surface area contributed by atoms with Crippen LogP contribution in [0, 0.1) is 11.3 Å². The fourth-order valence-corrected chi connectivity index (χ4v) is 4.00. The summed E-state index contributed by atoms with van der Waals surface area (Å²) in [5.74, 6) is 0.0222. The number of rotatable bonds is 5. The van der Waals surface area contributed by atoms with Crippen molar-refractivity contribution in [1.29, 1.82) is 5.41 Å². The van der Waals surface area contributed by atoms with Gasteiger partial charge in [0.15, 0.2) is 0 Å². The van der Waals surface area contributed by atoms with Crippen molar-refractivity contribution in [2.75, 3.05) is 0 Å². The van der Waals surface area contributed by atoms with Crippen LogP contribution < -0.4 is 15.2 Å². The Balaban J connectivity index is 2.75. The minimum atomic E-state index is -3.65. The van der Waals surface area contributed by atoms with Crippen molar-refractivity contribution < 1.29 is 8.42 Å². The van der Waals surface area contributed by atoms with Crippen LogP contribution >= 0.6 is 0 Å². The summed E-state index contributed by atoms with van der Waals surface area (Å²) in [7, 11) is -3.65. The van der Waals surface area contributed by atoms with Crippen LogP contribution in [0.25, 0.3) is 0 Å². The molecule has 0 aromatic carbocycles. The second-order valence-electron chi connectivity index (χ2n) is 6.30. The van der Waals surface area contributed by atoms with Gasteiger partial charge >= 0.3 is 0 Å². The molecule has 0 radical (unpaired) electrons. The molecule has 0 aromatic heterocycles. The number of nitrogens with one attached hydrogen (secondary N) is 3. The van der Waals surface area contributed by atoms with Gasteiger partial charge in [-0.1, -0.05) is 19.3 Å². The molecule has 1 saturated carbocycles. The van der Waals surface area contributed by atoms with Gasteiger partial charge in [0.2, 0.25) is 0 Å². The second kappa shape index (κ2) is 6.19. The van der Waals surface area contributed by atoms with E-state index >= 15 is 0 Å². The van der Waals surface area contributed by atoms with Gasteiger partial charge < -0.3 is 5.73 Å². The topological polar surface area (TPSA) is 108 Å². The average Bonchev–Trinajstić information content (AvgIpc) is 2.23. The zero-order valence-corrected chi connectivity index (χ0v) is 12.8. The molecule has 19 heavy (non-hydrogen) atoms. The average molecular weight is 290 g/mol. The molecule has 7 heteroatoms. The van der Waals surface area contributed by atoms with E-state index in [9.17, 15) is 8.42 Å². The Morgan fingerprint density at radius 3 is 2.21 bits per heavy atom. The van der Waals surface area contributed by atoms with Gasteiger partial charge in [-0.15, -0.1) is 0 Å². The van der Waals surface area contributed by atoms with Gasteiger partial charge in [0.05, 0.1) is 6.04 Å². The van der Waals surface area contributed by atoms with Crippen LogP contribution in [-0.2, 0) is 10.2 Å². The van der Waals surface area contributed by atoms with Gasteiger partial charge in [0.1, 0.15) is 5.84 Å². The molecular weight excluding hydrogens is 264 g/mol. The molecule has 0 aliphatic heterocycles. The first-order valence-corrected chi connectivity index (χ1v) is 8.24. The van der Waals surface area contributed by atoms with Crippen molar-refractivity contribution in [1.82, 2.24) is 9.44 Å². The molecule has 5 N–H and O–H groups in total. The molecule has 0 bridgehead atoms. The Bertz CT molecular complexity index is 408. The Hall–Kier alpha value is -0.660. The Kier molecular flexibility index (Phi) is 5.34. The lowest BCUT2D eigenvalue weighted by atomic mass is 9.84. The van der Waals surface area contributed by atoms with Crippen LogP contribution in [0.2, 0.25) is 0 Å². The monoisotopic (exact) mass is 290 g/mol. The van der Waals surface area contributed by atoms with Crippen LogP contribution in [0.5, 0.6) is 0 Å². The number of hydrogen-bond donors (Lipinski definition) is 4. The third-order valence-corrected chi connectivity index (χ3v) is 4.62. The first-order chi connectivity index (χ1) is 8.61. The predicted octanol–water partition coefficient (Wildman–Crippen LogP) is 1.09. The molecule has 1 aliphatic carbocycles. The fraction of sp³-hybridized carbons (Fsp3) is 0.917. The quantitative estimate of drug-likeness (QED) is 0.449. The van der Waals surface area contributed by atoms with Crippen molar-refractivity contribution in [3.63, 3.8) is 0 Å². The molecule has 112 valence electrons. The van der Waals surface area contributed by atoms with Crippen LogP contribution in [0.15, 0.2) is 0 Å². The van der Waals surface area contributed by atoms with Gasteiger partial charge in [-0.25, -0.2) is 0 Å². The van der Waals surface area contributed by atoms with E-state index in [4.69, 9.17) is 11.1 Å². The second-order valence-corrected chi connectivity index (χ2v) is 7.75. The first kappa shape index (κ1) is 16.4. The smallest absolute Gasteiger partial charge is 0.278 e. The maximum Gasteiger partial charge on any atom is 0.278 e. The summed E-state index contributed by atoms with van der Waals surface area (Å²) in [5, 5.41) is 7.62. The number of amidine groups is 1. The summed E-state index contributed by atoms with van der Waals surface area (Å²) >= 11 is 0. The maximum atomic E-state index is 12.0. The molecule has 6 nitrogen and oxygen atoms in total. The molecule has 1 fully saturated rings. The standard InChI is InChI=1S/C12H26N4O2S/c1-12(2,3)16-19(17,18)15-10(11(13)14)9-7-5-4-6-8-9/h9-10,15-16H,4-8H2,1-3H3,(H3,13,14). The molecule has 1 aliphatic rings. The lowest BCUT2D eigenvalue weighted by Crippen LogP contribution is -2.55. The Labute approximate surface area is 116 Å². The first-order valence-electron chi connectivity index (χ1n) is 6.76. The SMILES string of the molecule is CC(C)(C)NS(=O)(=O)NC(C(=N)N)C1CCCCC1. The number of hydrogen-bond acceptors (Lipinski definition) is 3. The zero-order valence-electron chi connectivity index (χ0n) is 12.0. The highest BCUT2D eigenvalue weighted by Crippen LogP contribution is 2.26. The van der Waals surface area contributed by atoms with E-state index in [1.807, 2.05) is 0 Å². The molecule has 1 unspecified atom stereocenters. The molecular formula is C12H26N4O2S. The predicted molar refractivity (Wildman–Crippen MR) is 77.2 cm³/mol. The van der Waals surface area contributed by atoms with Crippen LogP contribution in [0.3, 0.4) is 0 Å². The Morgan fingerprint density at radius 2 is 1.79 bits per heavy atom. The number of nitrogens with two attached hydrogens (primary N) is 1. The summed E-state index contributed by atoms with van der Waals surface area (Å²) < 4.78 is 29.1. The van der Waals surface area contributed by atoms with Crippen molar-refractivity contribution >= 4 is 16.0 Å². The van der Waals surface area contributed by atoms with E-state index in [1.165, 1.54) is 6.42 Å². The van der Waals surface area contributed by atoms with E-state index in [2.05, 4.69) is 9.44 Å². The fourth-order valence-electron chi connectivity index (χ4n) is 2.48. The lowest BCUT2D eigenvalue weighted by Gasteiger charge is -2.31. The van der Waals surface area contributed by atoms with Gasteiger partial charge in [-0.05, 0) is 39.5 Å². The molecule has 0 aromatic rings. The summed E-state index contributed by atoms with van der Waals surface area (Å²) in [6.07, 6.45) is 5.16. The van der Waals surface area contributed by atoms with Crippen molar-refractivity contribution in [3.05, 3.63) is 0 Å². The van der Waals surface area contributed by atoms with E-state index in [1.54, 1.807) is 20.8 Å². The summed E-state index contributed by atoms with van der Waals surface area (Å²) in [5.41, 5.74) is 5.01. The zero-order chi connectivity index (χ0) is 14.7. The van der Waals surface area contributed by atoms with Crippen LogP contribution in [0.4, 0.5) is 0 Å². The molecule has 1 rings (SSSR count). The molecule has 0 saturated heterocycles. The molecule has 1 atom stereocenters. The third-order valence-electron chi connectivity index (χ3n) is 3.18. The van der Waals surface area contributed by atoms with Crippen LogP contribution in [-0.4, -0.2) is 25.8 Å². The minimum Gasteiger partial charge on any atom is -0.386 e. The van der Waals surface area contributed by atoms with E-state index < -0.39 is 21.8 Å². The molecule has 0 amide bonds. The molecule has 0 heterocycles. The van der Waals surface area contributed by atoms with Gasteiger partial charge in [0.25, 0.3) is 10.2 Å². The third kappa shape index (κ3) is 5.88. The van der Waals surface area contributed by atoms with E-state index in [0.717, 1.165) is 25.7 Å². The lowest BCUT2D eigenvalue weighted by molar-refractivity contribution is 0.326. The largest absolute Gasteiger partial charge is 0.386 e. The highest BCUT2D eigenvalue weighted by molar-refractivity contribution is 7.87.